The summed E-state index contributed by atoms with van der Waals surface area (Å²) in [7, 11) is -3.55. The fourth-order valence-corrected chi connectivity index (χ4v) is 4.49. The van der Waals surface area contributed by atoms with Gasteiger partial charge in [-0.05, 0) is 56.6 Å². The Hall–Kier alpha value is -1.36. The van der Waals surface area contributed by atoms with Gasteiger partial charge in [0, 0.05) is 11.6 Å². The van der Waals surface area contributed by atoms with E-state index >= 15 is 0 Å². The second-order valence-electron chi connectivity index (χ2n) is 6.48. The molecule has 1 aromatic rings. The largest absolute Gasteiger partial charge is 0.276 e. The Bertz CT molecular complexity index is 649. The lowest BCUT2D eigenvalue weighted by molar-refractivity contribution is 0.210. The summed E-state index contributed by atoms with van der Waals surface area (Å²) in [6, 6.07) is 6.83. The summed E-state index contributed by atoms with van der Waals surface area (Å²) in [5.74, 6) is 1.77. The van der Waals surface area contributed by atoms with Gasteiger partial charge in [-0.3, -0.25) is 0 Å². The topological polar surface area (TPSA) is 58.5 Å². The molecule has 1 N–H and O–H groups in total. The van der Waals surface area contributed by atoms with E-state index in [-0.39, 0.29) is 4.90 Å². The molecule has 2 bridgehead atoms. The van der Waals surface area contributed by atoms with E-state index in [2.05, 4.69) is 16.9 Å². The van der Waals surface area contributed by atoms with E-state index in [1.165, 1.54) is 12.8 Å². The molecule has 4 nitrogen and oxygen atoms in total. The Kier molecular flexibility index (Phi) is 3.78. The molecule has 0 radical (unpaired) electrons. The van der Waals surface area contributed by atoms with E-state index in [0.717, 1.165) is 24.1 Å². The molecule has 0 aromatic heterocycles. The standard InChI is InChI=1S/C16H22N2O2S/c1-11-3-6-14(7-4-11)21(19,20)18-17-16-10-13-5-8-15(16)12(2)9-13/h3-4,6-7,12-13,15,18H,5,8-10H2,1-2H3/b17-16+/t12-,13+,15-/m0/s1. The van der Waals surface area contributed by atoms with Gasteiger partial charge >= 0.3 is 0 Å². The van der Waals surface area contributed by atoms with Crippen LogP contribution >= 0.6 is 0 Å². The van der Waals surface area contributed by atoms with Gasteiger partial charge in [0.1, 0.15) is 0 Å². The second kappa shape index (κ2) is 5.44. The zero-order valence-corrected chi connectivity index (χ0v) is 13.4. The predicted octanol–water partition coefficient (Wildman–Crippen LogP) is 3.09. The number of hydrogen-bond acceptors (Lipinski definition) is 3. The van der Waals surface area contributed by atoms with E-state index in [4.69, 9.17) is 0 Å². The summed E-state index contributed by atoms with van der Waals surface area (Å²) in [6.45, 7) is 4.18. The monoisotopic (exact) mass is 306 g/mol. The summed E-state index contributed by atoms with van der Waals surface area (Å²) in [4.78, 5) is 2.70. The average Bonchev–Trinajstić information content (AvgIpc) is 2.46. The normalized spacial score (nSPS) is 30.6. The number of nitrogens with zero attached hydrogens (tertiary/aromatic N) is 1. The molecular weight excluding hydrogens is 284 g/mol. The van der Waals surface area contributed by atoms with Gasteiger partial charge in [-0.15, -0.1) is 0 Å². The Morgan fingerprint density at radius 3 is 2.52 bits per heavy atom. The second-order valence-corrected chi connectivity index (χ2v) is 8.14. The van der Waals surface area contributed by atoms with Crippen LogP contribution < -0.4 is 4.83 Å². The van der Waals surface area contributed by atoms with Crippen molar-refractivity contribution in [3.05, 3.63) is 29.8 Å². The van der Waals surface area contributed by atoms with Gasteiger partial charge in [-0.25, -0.2) is 4.83 Å². The third-order valence-electron chi connectivity index (χ3n) is 4.84. The van der Waals surface area contributed by atoms with Crippen molar-refractivity contribution < 1.29 is 8.42 Å². The molecule has 114 valence electrons. The van der Waals surface area contributed by atoms with Gasteiger partial charge in [0.25, 0.3) is 10.0 Å². The van der Waals surface area contributed by atoms with Crippen LogP contribution in [-0.4, -0.2) is 14.1 Å². The summed E-state index contributed by atoms with van der Waals surface area (Å²) < 4.78 is 24.5. The van der Waals surface area contributed by atoms with Crippen molar-refractivity contribution in [1.29, 1.82) is 0 Å². The van der Waals surface area contributed by atoms with E-state index in [1.807, 2.05) is 6.92 Å². The lowest BCUT2D eigenvalue weighted by atomic mass is 9.64. The van der Waals surface area contributed by atoms with Crippen LogP contribution in [0.2, 0.25) is 0 Å². The first-order valence-corrected chi connectivity index (χ1v) is 9.09. The smallest absolute Gasteiger partial charge is 0.200 e. The highest BCUT2D eigenvalue weighted by Gasteiger charge is 2.37. The van der Waals surface area contributed by atoms with Gasteiger partial charge in [-0.1, -0.05) is 24.6 Å². The van der Waals surface area contributed by atoms with Gasteiger partial charge in [0.05, 0.1) is 4.90 Å². The molecule has 3 aliphatic carbocycles. The molecule has 1 aromatic carbocycles. The van der Waals surface area contributed by atoms with Gasteiger partial charge in [0.2, 0.25) is 0 Å². The molecule has 0 unspecified atom stereocenters. The predicted molar refractivity (Wildman–Crippen MR) is 83.5 cm³/mol. The number of hydrazone groups is 1. The highest BCUT2D eigenvalue weighted by Crippen LogP contribution is 2.43. The number of aryl methyl sites for hydroxylation is 1. The number of rotatable bonds is 3. The van der Waals surface area contributed by atoms with Crippen LogP contribution in [0.4, 0.5) is 0 Å². The number of sulfonamides is 1. The maximum Gasteiger partial charge on any atom is 0.276 e. The molecule has 0 saturated heterocycles. The van der Waals surface area contributed by atoms with Crippen LogP contribution in [0.15, 0.2) is 34.3 Å². The quantitative estimate of drug-likeness (QED) is 0.872. The Labute approximate surface area is 126 Å². The summed E-state index contributed by atoms with van der Waals surface area (Å²) in [6.07, 6.45) is 4.62. The third kappa shape index (κ3) is 2.98. The van der Waals surface area contributed by atoms with Crippen molar-refractivity contribution in [2.24, 2.45) is 22.9 Å². The van der Waals surface area contributed by atoms with Crippen LogP contribution in [-0.2, 0) is 10.0 Å². The fourth-order valence-electron chi connectivity index (χ4n) is 3.65. The van der Waals surface area contributed by atoms with Crippen molar-refractivity contribution in [2.45, 2.75) is 44.4 Å². The minimum Gasteiger partial charge on any atom is -0.200 e. The molecule has 5 heteroatoms. The molecule has 0 aliphatic heterocycles. The molecular formula is C16H22N2O2S. The van der Waals surface area contributed by atoms with Crippen LogP contribution in [0.3, 0.4) is 0 Å². The summed E-state index contributed by atoms with van der Waals surface area (Å²) in [5, 5.41) is 4.27. The van der Waals surface area contributed by atoms with E-state index in [1.54, 1.807) is 24.3 Å². The van der Waals surface area contributed by atoms with Gasteiger partial charge < -0.3 is 0 Å². The first kappa shape index (κ1) is 14.6. The summed E-state index contributed by atoms with van der Waals surface area (Å²) >= 11 is 0. The van der Waals surface area contributed by atoms with E-state index < -0.39 is 10.0 Å². The molecule has 0 amide bonds. The Balaban J connectivity index is 1.77. The number of fused-ring (bicyclic) bond motifs is 3. The Morgan fingerprint density at radius 2 is 1.90 bits per heavy atom. The maximum absolute atomic E-state index is 12.3. The van der Waals surface area contributed by atoms with Crippen LogP contribution in [0.1, 0.15) is 38.2 Å². The van der Waals surface area contributed by atoms with Crippen LogP contribution in [0.5, 0.6) is 0 Å². The van der Waals surface area contributed by atoms with Crippen molar-refractivity contribution in [2.75, 3.05) is 0 Å². The summed E-state index contributed by atoms with van der Waals surface area (Å²) in [5.41, 5.74) is 2.08. The zero-order valence-electron chi connectivity index (χ0n) is 12.5. The first-order valence-electron chi connectivity index (χ1n) is 7.60. The van der Waals surface area contributed by atoms with Crippen molar-refractivity contribution in [3.63, 3.8) is 0 Å². The SMILES string of the molecule is Cc1ccc(S(=O)(=O)N/N=C2\C[C@@H]3CC[C@H]2[C@@H](C)C3)cc1. The average molecular weight is 306 g/mol. The van der Waals surface area contributed by atoms with E-state index in [0.29, 0.717) is 17.8 Å². The van der Waals surface area contributed by atoms with Gasteiger partial charge in [0.15, 0.2) is 0 Å². The number of nitrogens with one attached hydrogen (secondary N) is 1. The van der Waals surface area contributed by atoms with E-state index in [9.17, 15) is 8.42 Å². The molecule has 3 saturated carbocycles. The van der Waals surface area contributed by atoms with Crippen LogP contribution in [0.25, 0.3) is 0 Å². The maximum atomic E-state index is 12.3. The fraction of sp³-hybridized carbons (Fsp3) is 0.562. The molecule has 3 fully saturated rings. The highest BCUT2D eigenvalue weighted by molar-refractivity contribution is 7.89. The minimum absolute atomic E-state index is 0.270. The lowest BCUT2D eigenvalue weighted by Gasteiger charge is -2.41. The minimum atomic E-state index is -3.55. The van der Waals surface area contributed by atoms with Crippen molar-refractivity contribution in [1.82, 2.24) is 4.83 Å². The van der Waals surface area contributed by atoms with Gasteiger partial charge in [-0.2, -0.15) is 13.5 Å². The highest BCUT2D eigenvalue weighted by atomic mass is 32.2. The first-order chi connectivity index (χ1) is 9.95. The molecule has 3 atom stereocenters. The molecule has 3 aliphatic rings. The van der Waals surface area contributed by atoms with Crippen molar-refractivity contribution in [3.8, 4) is 0 Å². The molecule has 4 rings (SSSR count). The van der Waals surface area contributed by atoms with Crippen molar-refractivity contribution >= 4 is 15.7 Å². The molecule has 21 heavy (non-hydrogen) atoms. The number of hydrogen-bond donors (Lipinski definition) is 1. The Morgan fingerprint density at radius 1 is 1.19 bits per heavy atom. The number of benzene rings is 1. The lowest BCUT2D eigenvalue weighted by Crippen LogP contribution is -2.38. The van der Waals surface area contributed by atoms with Crippen LogP contribution in [0, 0.1) is 24.7 Å². The molecule has 0 heterocycles. The third-order valence-corrected chi connectivity index (χ3v) is 6.07. The molecule has 0 spiro atoms. The zero-order chi connectivity index (χ0) is 15.0.